The van der Waals surface area contributed by atoms with Crippen molar-refractivity contribution in [3.05, 3.63) is 35.4 Å². The summed E-state index contributed by atoms with van der Waals surface area (Å²) in [6.45, 7) is 7.08. The van der Waals surface area contributed by atoms with Gasteiger partial charge in [0.2, 0.25) is 0 Å². The third-order valence-corrected chi connectivity index (χ3v) is 2.89. The summed E-state index contributed by atoms with van der Waals surface area (Å²) in [5.74, 6) is -0.204. The van der Waals surface area contributed by atoms with Gasteiger partial charge in [-0.2, -0.15) is 0 Å². The fourth-order valence-corrected chi connectivity index (χ4v) is 1.68. The first-order valence-electron chi connectivity index (χ1n) is 6.59. The molecule has 1 rings (SSSR count). The number of ether oxygens (including phenoxy) is 1. The monoisotopic (exact) mass is 287 g/mol. The van der Waals surface area contributed by atoms with Crippen LogP contribution in [0.2, 0.25) is 0 Å². The molecule has 5 heteroatoms. The van der Waals surface area contributed by atoms with Crippen LogP contribution in [0.15, 0.2) is 29.8 Å². The van der Waals surface area contributed by atoms with Crippen molar-refractivity contribution in [3.63, 3.8) is 0 Å². The standard InChI is InChI=1S/C15H20F3NO/c1-4-9-19-12(3)11(2)10-13-5-7-14(8-6-13)20-15(16,17)18/h5-8,10,12,19H,4,9H2,1-3H3/b11-10+. The Labute approximate surface area is 117 Å². The Kier molecular flexibility index (Phi) is 6.07. The van der Waals surface area contributed by atoms with Crippen LogP contribution in [0.25, 0.3) is 6.08 Å². The number of halogens is 3. The Hall–Kier alpha value is -1.49. The van der Waals surface area contributed by atoms with E-state index in [0.29, 0.717) is 0 Å². The van der Waals surface area contributed by atoms with Crippen LogP contribution in [0.5, 0.6) is 5.75 Å². The molecule has 0 saturated carbocycles. The number of benzene rings is 1. The minimum absolute atomic E-state index is 0.204. The number of rotatable bonds is 6. The predicted molar refractivity (Wildman–Crippen MR) is 74.5 cm³/mol. The Morgan fingerprint density at radius 2 is 1.90 bits per heavy atom. The molecule has 0 aliphatic rings. The van der Waals surface area contributed by atoms with Crippen LogP contribution in [-0.4, -0.2) is 18.9 Å². The molecule has 0 aliphatic heterocycles. The molecule has 0 saturated heterocycles. The number of hydrogen-bond donors (Lipinski definition) is 1. The average Bonchev–Trinajstić information content (AvgIpc) is 2.36. The van der Waals surface area contributed by atoms with Crippen molar-refractivity contribution < 1.29 is 17.9 Å². The summed E-state index contributed by atoms with van der Waals surface area (Å²) in [7, 11) is 0. The lowest BCUT2D eigenvalue weighted by Crippen LogP contribution is -2.27. The highest BCUT2D eigenvalue weighted by Crippen LogP contribution is 2.23. The van der Waals surface area contributed by atoms with Crippen LogP contribution in [0, 0.1) is 0 Å². The molecule has 0 bridgehead atoms. The summed E-state index contributed by atoms with van der Waals surface area (Å²) in [4.78, 5) is 0. The van der Waals surface area contributed by atoms with Crippen LogP contribution in [0.3, 0.4) is 0 Å². The minimum atomic E-state index is -4.65. The maximum atomic E-state index is 12.0. The van der Waals surface area contributed by atoms with Gasteiger partial charge in [-0.15, -0.1) is 13.2 Å². The van der Waals surface area contributed by atoms with Crippen molar-refractivity contribution in [2.45, 2.75) is 39.6 Å². The second-order valence-corrected chi connectivity index (χ2v) is 4.68. The van der Waals surface area contributed by atoms with Crippen molar-refractivity contribution in [1.29, 1.82) is 0 Å². The molecule has 2 nitrogen and oxygen atoms in total. The van der Waals surface area contributed by atoms with Crippen molar-refractivity contribution in [2.24, 2.45) is 0 Å². The third-order valence-electron chi connectivity index (χ3n) is 2.89. The number of hydrogen-bond acceptors (Lipinski definition) is 2. The van der Waals surface area contributed by atoms with Gasteiger partial charge in [0.15, 0.2) is 0 Å². The Morgan fingerprint density at radius 1 is 1.30 bits per heavy atom. The van der Waals surface area contributed by atoms with E-state index in [4.69, 9.17) is 0 Å². The Morgan fingerprint density at radius 3 is 2.40 bits per heavy atom. The van der Waals surface area contributed by atoms with Gasteiger partial charge in [0.1, 0.15) is 5.75 Å². The predicted octanol–water partition coefficient (Wildman–Crippen LogP) is 4.38. The van der Waals surface area contributed by atoms with Gasteiger partial charge in [-0.25, -0.2) is 0 Å². The van der Waals surface area contributed by atoms with Gasteiger partial charge in [-0.1, -0.05) is 30.7 Å². The second-order valence-electron chi connectivity index (χ2n) is 4.68. The molecular formula is C15H20F3NO. The fourth-order valence-electron chi connectivity index (χ4n) is 1.68. The van der Waals surface area contributed by atoms with Crippen molar-refractivity contribution >= 4 is 6.08 Å². The van der Waals surface area contributed by atoms with E-state index in [1.54, 1.807) is 12.1 Å². The maximum Gasteiger partial charge on any atom is 0.573 e. The van der Waals surface area contributed by atoms with Gasteiger partial charge in [0.25, 0.3) is 0 Å². The van der Waals surface area contributed by atoms with Crippen LogP contribution in [-0.2, 0) is 0 Å². The van der Waals surface area contributed by atoms with Crippen molar-refractivity contribution in [3.8, 4) is 5.75 Å². The average molecular weight is 287 g/mol. The highest BCUT2D eigenvalue weighted by molar-refractivity contribution is 5.54. The number of nitrogens with one attached hydrogen (secondary N) is 1. The van der Waals surface area contributed by atoms with E-state index in [0.717, 1.165) is 24.1 Å². The van der Waals surface area contributed by atoms with Crippen molar-refractivity contribution in [1.82, 2.24) is 5.32 Å². The van der Waals surface area contributed by atoms with Gasteiger partial charge in [0, 0.05) is 6.04 Å². The van der Waals surface area contributed by atoms with E-state index in [-0.39, 0.29) is 11.8 Å². The molecule has 0 spiro atoms. The first kappa shape index (κ1) is 16.6. The lowest BCUT2D eigenvalue weighted by Gasteiger charge is -2.14. The van der Waals surface area contributed by atoms with Gasteiger partial charge >= 0.3 is 6.36 Å². The van der Waals surface area contributed by atoms with E-state index in [2.05, 4.69) is 23.9 Å². The molecule has 1 unspecified atom stereocenters. The SMILES string of the molecule is CCCNC(C)/C(C)=C/c1ccc(OC(F)(F)F)cc1. The quantitative estimate of drug-likeness (QED) is 0.838. The molecular weight excluding hydrogens is 267 g/mol. The summed E-state index contributed by atoms with van der Waals surface area (Å²) in [5, 5.41) is 3.35. The molecule has 0 heterocycles. The second kappa shape index (κ2) is 7.33. The van der Waals surface area contributed by atoms with Crippen LogP contribution >= 0.6 is 0 Å². The maximum absolute atomic E-state index is 12.0. The molecule has 0 amide bonds. The molecule has 112 valence electrons. The highest BCUT2D eigenvalue weighted by Gasteiger charge is 2.30. The van der Waals surface area contributed by atoms with Gasteiger partial charge in [-0.3, -0.25) is 0 Å². The summed E-state index contributed by atoms with van der Waals surface area (Å²) < 4.78 is 39.9. The summed E-state index contributed by atoms with van der Waals surface area (Å²) in [5.41, 5.74) is 1.98. The summed E-state index contributed by atoms with van der Waals surface area (Å²) >= 11 is 0. The molecule has 1 N–H and O–H groups in total. The zero-order chi connectivity index (χ0) is 15.2. The number of alkyl halides is 3. The van der Waals surface area contributed by atoms with Crippen molar-refractivity contribution in [2.75, 3.05) is 6.54 Å². The molecule has 0 aromatic heterocycles. The fraction of sp³-hybridized carbons (Fsp3) is 0.467. The van der Waals surface area contributed by atoms with Gasteiger partial charge < -0.3 is 10.1 Å². The van der Waals surface area contributed by atoms with Crippen LogP contribution in [0.1, 0.15) is 32.8 Å². The van der Waals surface area contributed by atoms with E-state index in [1.807, 2.05) is 13.0 Å². The first-order chi connectivity index (χ1) is 9.31. The van der Waals surface area contributed by atoms with Crippen LogP contribution in [0.4, 0.5) is 13.2 Å². The van der Waals surface area contributed by atoms with E-state index in [1.165, 1.54) is 12.1 Å². The molecule has 0 radical (unpaired) electrons. The van der Waals surface area contributed by atoms with E-state index in [9.17, 15) is 13.2 Å². The Bertz CT molecular complexity index is 437. The van der Waals surface area contributed by atoms with Crippen LogP contribution < -0.4 is 10.1 Å². The molecule has 20 heavy (non-hydrogen) atoms. The molecule has 1 aromatic rings. The van der Waals surface area contributed by atoms with Gasteiger partial charge in [-0.05, 0) is 44.5 Å². The topological polar surface area (TPSA) is 21.3 Å². The molecule has 1 aromatic carbocycles. The zero-order valence-corrected chi connectivity index (χ0v) is 11.9. The highest BCUT2D eigenvalue weighted by atomic mass is 19.4. The lowest BCUT2D eigenvalue weighted by atomic mass is 10.1. The molecule has 1 atom stereocenters. The largest absolute Gasteiger partial charge is 0.573 e. The molecule has 0 fully saturated rings. The third kappa shape index (κ3) is 6.10. The Balaban J connectivity index is 2.68. The summed E-state index contributed by atoms with van der Waals surface area (Å²) in [6.07, 6.45) is -1.64. The molecule has 0 aliphatic carbocycles. The smallest absolute Gasteiger partial charge is 0.406 e. The van der Waals surface area contributed by atoms with E-state index >= 15 is 0 Å². The normalized spacial score (nSPS) is 14.2. The van der Waals surface area contributed by atoms with E-state index < -0.39 is 6.36 Å². The minimum Gasteiger partial charge on any atom is -0.406 e. The zero-order valence-electron chi connectivity index (χ0n) is 11.9. The summed E-state index contributed by atoms with van der Waals surface area (Å²) in [6, 6.07) is 6.09. The lowest BCUT2D eigenvalue weighted by molar-refractivity contribution is -0.274. The van der Waals surface area contributed by atoms with Gasteiger partial charge in [0.05, 0.1) is 0 Å². The first-order valence-corrected chi connectivity index (χ1v) is 6.59.